The lowest BCUT2D eigenvalue weighted by Gasteiger charge is -2.22. The third kappa shape index (κ3) is 14.5. The van der Waals surface area contributed by atoms with Crippen LogP contribution >= 0.6 is 0 Å². The third-order valence-electron chi connectivity index (χ3n) is 3.65. The molecule has 0 atom stereocenters. The largest absolute Gasteiger partial charge is 0.395 e. The summed E-state index contributed by atoms with van der Waals surface area (Å²) in [5.74, 6) is 0. The zero-order valence-electron chi connectivity index (χ0n) is 14.5. The summed E-state index contributed by atoms with van der Waals surface area (Å²) < 4.78 is 11.9. The molecule has 0 saturated heterocycles. The molecule has 0 spiro atoms. The molecule has 0 heterocycles. The molecule has 0 aliphatic rings. The molecule has 0 aliphatic heterocycles. The van der Waals surface area contributed by atoms with Crippen molar-refractivity contribution < 1.29 is 8.85 Å². The van der Waals surface area contributed by atoms with Crippen molar-refractivity contribution in [1.82, 2.24) is 0 Å². The van der Waals surface area contributed by atoms with Gasteiger partial charge in [0.05, 0.1) is 0 Å². The Labute approximate surface area is 128 Å². The second kappa shape index (κ2) is 14.1. The molecule has 0 radical (unpaired) electrons. The van der Waals surface area contributed by atoms with Gasteiger partial charge < -0.3 is 8.85 Å². The van der Waals surface area contributed by atoms with E-state index >= 15 is 0 Å². The van der Waals surface area contributed by atoms with E-state index in [9.17, 15) is 0 Å². The van der Waals surface area contributed by atoms with E-state index in [0.717, 1.165) is 13.2 Å². The van der Waals surface area contributed by atoms with Gasteiger partial charge >= 0.3 is 8.56 Å². The quantitative estimate of drug-likeness (QED) is 0.271. The lowest BCUT2D eigenvalue weighted by atomic mass is 10.1. The molecule has 0 amide bonds. The summed E-state index contributed by atoms with van der Waals surface area (Å²) in [4.78, 5) is 0. The van der Waals surface area contributed by atoms with Crippen molar-refractivity contribution in [3.63, 3.8) is 0 Å². The Hall–Kier alpha value is 0.137. The number of unbranched alkanes of at least 4 members (excludes halogenated alkanes) is 9. The van der Waals surface area contributed by atoms with Gasteiger partial charge in [0.1, 0.15) is 0 Å². The summed E-state index contributed by atoms with van der Waals surface area (Å²) in [6.45, 7) is 10.6. The van der Waals surface area contributed by atoms with E-state index < -0.39 is 8.56 Å². The highest BCUT2D eigenvalue weighted by Gasteiger charge is 2.23. The van der Waals surface area contributed by atoms with Gasteiger partial charge in [0.2, 0.25) is 0 Å². The molecule has 0 aromatic carbocycles. The first kappa shape index (κ1) is 20.1. The normalized spacial score (nSPS) is 12.0. The van der Waals surface area contributed by atoms with Gasteiger partial charge in [-0.15, -0.1) is 0 Å². The highest BCUT2D eigenvalue weighted by Crippen LogP contribution is 2.11. The predicted molar refractivity (Wildman–Crippen MR) is 91.5 cm³/mol. The number of rotatable bonds is 15. The van der Waals surface area contributed by atoms with Gasteiger partial charge in [0, 0.05) is 13.2 Å². The zero-order chi connectivity index (χ0) is 15.1. The standard InChI is InChI=1S/C17H38O2Si/c1-5-7-9-10-11-12-13-15-17-19-20(3,4)18-16-14-8-6-2/h5-17H2,1-4H3. The molecule has 0 unspecified atom stereocenters. The monoisotopic (exact) mass is 302 g/mol. The van der Waals surface area contributed by atoms with Crippen molar-refractivity contribution >= 4 is 8.56 Å². The number of hydrogen-bond acceptors (Lipinski definition) is 2. The Bertz CT molecular complexity index is 195. The molecular formula is C17H38O2Si. The molecule has 0 aromatic heterocycles. The van der Waals surface area contributed by atoms with E-state index in [1.165, 1.54) is 70.6 Å². The Morgan fingerprint density at radius 1 is 0.550 bits per heavy atom. The van der Waals surface area contributed by atoms with Crippen LogP contribution < -0.4 is 0 Å². The summed E-state index contributed by atoms with van der Waals surface area (Å²) in [5, 5.41) is 0. The van der Waals surface area contributed by atoms with Gasteiger partial charge in [-0.05, 0) is 25.9 Å². The van der Waals surface area contributed by atoms with Crippen LogP contribution in [0.4, 0.5) is 0 Å². The summed E-state index contributed by atoms with van der Waals surface area (Å²) >= 11 is 0. The van der Waals surface area contributed by atoms with Crippen LogP contribution in [0.3, 0.4) is 0 Å². The van der Waals surface area contributed by atoms with E-state index in [4.69, 9.17) is 8.85 Å². The van der Waals surface area contributed by atoms with E-state index in [1.807, 2.05) is 0 Å². The molecule has 0 bridgehead atoms. The summed E-state index contributed by atoms with van der Waals surface area (Å²) in [6, 6.07) is 0. The summed E-state index contributed by atoms with van der Waals surface area (Å²) in [5.41, 5.74) is 0. The summed E-state index contributed by atoms with van der Waals surface area (Å²) in [6.07, 6.45) is 14.5. The first-order chi connectivity index (χ1) is 9.62. The van der Waals surface area contributed by atoms with Crippen LogP contribution in [0, 0.1) is 0 Å². The van der Waals surface area contributed by atoms with Crippen LogP contribution in [-0.2, 0) is 8.85 Å². The Morgan fingerprint density at radius 3 is 1.40 bits per heavy atom. The smallest absolute Gasteiger partial charge is 0.331 e. The van der Waals surface area contributed by atoms with E-state index in [2.05, 4.69) is 26.9 Å². The summed E-state index contributed by atoms with van der Waals surface area (Å²) in [7, 11) is -1.84. The fourth-order valence-electron chi connectivity index (χ4n) is 2.27. The lowest BCUT2D eigenvalue weighted by Crippen LogP contribution is -2.35. The molecule has 0 aliphatic carbocycles. The van der Waals surface area contributed by atoms with Gasteiger partial charge in [0.25, 0.3) is 0 Å². The molecule has 0 saturated carbocycles. The van der Waals surface area contributed by atoms with Gasteiger partial charge in [-0.3, -0.25) is 0 Å². The maximum absolute atomic E-state index is 5.97. The second-order valence-corrected chi connectivity index (χ2v) is 9.66. The van der Waals surface area contributed by atoms with Crippen molar-refractivity contribution in [2.75, 3.05) is 13.2 Å². The Balaban J connectivity index is 3.30. The fraction of sp³-hybridized carbons (Fsp3) is 1.00. The van der Waals surface area contributed by atoms with Gasteiger partial charge in [0.15, 0.2) is 0 Å². The average molecular weight is 303 g/mol. The maximum atomic E-state index is 5.97. The average Bonchev–Trinajstić information content (AvgIpc) is 2.42. The highest BCUT2D eigenvalue weighted by atomic mass is 28.4. The van der Waals surface area contributed by atoms with Crippen molar-refractivity contribution in [3.05, 3.63) is 0 Å². The minimum atomic E-state index is -1.84. The van der Waals surface area contributed by atoms with Gasteiger partial charge in [-0.25, -0.2) is 0 Å². The predicted octanol–water partition coefficient (Wildman–Crippen LogP) is 6.05. The topological polar surface area (TPSA) is 18.5 Å². The molecule has 0 rings (SSSR count). The molecule has 0 N–H and O–H groups in total. The van der Waals surface area contributed by atoms with Crippen molar-refractivity contribution in [3.8, 4) is 0 Å². The molecular weight excluding hydrogens is 264 g/mol. The molecule has 2 nitrogen and oxygen atoms in total. The Kier molecular flexibility index (Phi) is 14.2. The third-order valence-corrected chi connectivity index (χ3v) is 5.44. The van der Waals surface area contributed by atoms with Crippen LogP contribution in [0.2, 0.25) is 13.1 Å². The number of hydrogen-bond donors (Lipinski definition) is 0. The first-order valence-corrected chi connectivity index (χ1v) is 11.7. The zero-order valence-corrected chi connectivity index (χ0v) is 15.5. The van der Waals surface area contributed by atoms with Gasteiger partial charge in [-0.2, -0.15) is 0 Å². The van der Waals surface area contributed by atoms with E-state index in [1.54, 1.807) is 0 Å². The van der Waals surface area contributed by atoms with Crippen LogP contribution in [0.15, 0.2) is 0 Å². The van der Waals surface area contributed by atoms with Crippen molar-refractivity contribution in [2.45, 2.75) is 97.6 Å². The fourth-order valence-corrected chi connectivity index (χ4v) is 3.62. The van der Waals surface area contributed by atoms with Crippen molar-refractivity contribution in [2.24, 2.45) is 0 Å². The SMILES string of the molecule is CCCCCCCCCCO[Si](C)(C)OCCCCC. The first-order valence-electron chi connectivity index (χ1n) is 8.90. The molecule has 0 fully saturated rings. The maximum Gasteiger partial charge on any atom is 0.331 e. The van der Waals surface area contributed by atoms with E-state index in [-0.39, 0.29) is 0 Å². The molecule has 20 heavy (non-hydrogen) atoms. The van der Waals surface area contributed by atoms with Crippen LogP contribution in [0.5, 0.6) is 0 Å². The molecule has 3 heteroatoms. The minimum absolute atomic E-state index is 0.879. The second-order valence-electron chi connectivity index (χ2n) is 6.28. The van der Waals surface area contributed by atoms with Crippen molar-refractivity contribution in [1.29, 1.82) is 0 Å². The van der Waals surface area contributed by atoms with Gasteiger partial charge in [-0.1, -0.05) is 71.6 Å². The van der Waals surface area contributed by atoms with Crippen LogP contribution in [0.1, 0.15) is 84.5 Å². The molecule has 0 aromatic rings. The highest BCUT2D eigenvalue weighted by molar-refractivity contribution is 6.64. The van der Waals surface area contributed by atoms with Crippen LogP contribution in [0.25, 0.3) is 0 Å². The lowest BCUT2D eigenvalue weighted by molar-refractivity contribution is 0.173. The van der Waals surface area contributed by atoms with E-state index in [0.29, 0.717) is 0 Å². The van der Waals surface area contributed by atoms with Crippen LogP contribution in [-0.4, -0.2) is 21.8 Å². The minimum Gasteiger partial charge on any atom is -0.395 e. The Morgan fingerprint density at radius 2 is 0.900 bits per heavy atom. The molecule has 122 valence electrons.